The summed E-state index contributed by atoms with van der Waals surface area (Å²) in [6.45, 7) is 5.21. The van der Waals surface area contributed by atoms with Gasteiger partial charge < -0.3 is 5.32 Å². The van der Waals surface area contributed by atoms with E-state index < -0.39 is 0 Å². The maximum absolute atomic E-state index is 4.28. The summed E-state index contributed by atoms with van der Waals surface area (Å²) >= 11 is 3.61. The molecule has 17 heavy (non-hydrogen) atoms. The zero-order valence-electron chi connectivity index (χ0n) is 10.3. The zero-order valence-corrected chi connectivity index (χ0v) is 11.9. The third-order valence-electron chi connectivity index (χ3n) is 2.66. The van der Waals surface area contributed by atoms with E-state index in [1.54, 1.807) is 11.3 Å². The molecule has 0 amide bonds. The number of thiophene rings is 1. The Labute approximate surface area is 111 Å². The highest BCUT2D eigenvalue weighted by Gasteiger charge is 2.11. The summed E-state index contributed by atoms with van der Waals surface area (Å²) in [6.07, 6.45) is 4.38. The fourth-order valence-electron chi connectivity index (χ4n) is 1.83. The first kappa shape index (κ1) is 12.7. The molecule has 2 nitrogen and oxygen atoms in total. The molecule has 0 saturated heterocycles. The molecule has 2 heterocycles. The number of thiazole rings is 1. The highest BCUT2D eigenvalue weighted by atomic mass is 32.1. The molecule has 0 aromatic carbocycles. The molecule has 92 valence electrons. The van der Waals surface area contributed by atoms with Gasteiger partial charge >= 0.3 is 0 Å². The van der Waals surface area contributed by atoms with Gasteiger partial charge in [0.15, 0.2) is 0 Å². The quantitative estimate of drug-likeness (QED) is 0.850. The van der Waals surface area contributed by atoms with Crippen molar-refractivity contribution in [2.45, 2.75) is 39.3 Å². The Morgan fingerprint density at radius 3 is 2.94 bits per heavy atom. The minimum Gasteiger partial charge on any atom is -0.304 e. The highest BCUT2D eigenvalue weighted by molar-refractivity contribution is 7.11. The predicted molar refractivity (Wildman–Crippen MR) is 75.7 cm³/mol. The zero-order chi connectivity index (χ0) is 12.1. The summed E-state index contributed by atoms with van der Waals surface area (Å²) in [4.78, 5) is 7.04. The van der Waals surface area contributed by atoms with Gasteiger partial charge in [-0.3, -0.25) is 0 Å². The summed E-state index contributed by atoms with van der Waals surface area (Å²) in [5.74, 6) is 0. The number of nitrogens with zero attached hydrogens (tertiary/aromatic N) is 1. The van der Waals surface area contributed by atoms with Crippen molar-refractivity contribution in [2.75, 3.05) is 0 Å². The Hall–Kier alpha value is -0.710. The van der Waals surface area contributed by atoms with Crippen LogP contribution in [0, 0.1) is 6.92 Å². The van der Waals surface area contributed by atoms with Gasteiger partial charge in [-0.05, 0) is 24.8 Å². The Morgan fingerprint density at radius 1 is 1.47 bits per heavy atom. The summed E-state index contributed by atoms with van der Waals surface area (Å²) in [5.41, 5.74) is 0. The van der Waals surface area contributed by atoms with Crippen LogP contribution in [0.15, 0.2) is 23.7 Å². The van der Waals surface area contributed by atoms with Gasteiger partial charge in [-0.15, -0.1) is 22.7 Å². The Kier molecular flexibility index (Phi) is 4.71. The average Bonchev–Trinajstić information content (AvgIpc) is 2.95. The van der Waals surface area contributed by atoms with E-state index in [-0.39, 0.29) is 0 Å². The lowest BCUT2D eigenvalue weighted by Gasteiger charge is -2.15. The fourth-order valence-corrected chi connectivity index (χ4v) is 3.42. The van der Waals surface area contributed by atoms with Crippen LogP contribution in [0.1, 0.15) is 40.6 Å². The molecule has 2 rings (SSSR count). The molecular weight excluding hydrogens is 248 g/mol. The van der Waals surface area contributed by atoms with E-state index in [1.165, 1.54) is 22.6 Å². The van der Waals surface area contributed by atoms with Gasteiger partial charge in [0.1, 0.15) is 0 Å². The average molecular weight is 266 g/mol. The summed E-state index contributed by atoms with van der Waals surface area (Å²) in [7, 11) is 0. The van der Waals surface area contributed by atoms with Gasteiger partial charge in [0.2, 0.25) is 0 Å². The van der Waals surface area contributed by atoms with Crippen LogP contribution >= 0.6 is 22.7 Å². The lowest BCUT2D eigenvalue weighted by atomic mass is 10.1. The second kappa shape index (κ2) is 6.28. The van der Waals surface area contributed by atoms with Gasteiger partial charge in [-0.1, -0.05) is 19.4 Å². The maximum atomic E-state index is 4.28. The van der Waals surface area contributed by atoms with Crippen LogP contribution in [0.25, 0.3) is 0 Å². The Morgan fingerprint density at radius 2 is 2.35 bits per heavy atom. The monoisotopic (exact) mass is 266 g/mol. The van der Waals surface area contributed by atoms with Crippen molar-refractivity contribution in [3.05, 3.63) is 38.5 Å². The molecule has 0 saturated carbocycles. The van der Waals surface area contributed by atoms with E-state index >= 15 is 0 Å². The number of hydrogen-bond acceptors (Lipinski definition) is 4. The normalized spacial score (nSPS) is 12.8. The van der Waals surface area contributed by atoms with Crippen LogP contribution in [0.2, 0.25) is 0 Å². The number of aromatic nitrogens is 1. The van der Waals surface area contributed by atoms with Crippen molar-refractivity contribution in [2.24, 2.45) is 0 Å². The minimum absolute atomic E-state index is 0.488. The Bertz CT molecular complexity index is 434. The molecule has 1 unspecified atom stereocenters. The molecule has 0 spiro atoms. The summed E-state index contributed by atoms with van der Waals surface area (Å²) in [6, 6.07) is 4.83. The van der Waals surface area contributed by atoms with Crippen LogP contribution in [0.5, 0.6) is 0 Å². The molecule has 1 N–H and O–H groups in total. The van der Waals surface area contributed by atoms with Crippen molar-refractivity contribution in [1.82, 2.24) is 10.3 Å². The second-order valence-corrected chi connectivity index (χ2v) is 6.38. The highest BCUT2D eigenvalue weighted by Crippen LogP contribution is 2.24. The largest absolute Gasteiger partial charge is 0.304 e. The molecule has 1 atom stereocenters. The van der Waals surface area contributed by atoms with E-state index in [0.29, 0.717) is 6.04 Å². The van der Waals surface area contributed by atoms with Gasteiger partial charge in [0.25, 0.3) is 0 Å². The van der Waals surface area contributed by atoms with Crippen LogP contribution in [-0.4, -0.2) is 4.98 Å². The molecule has 0 radical (unpaired) electrons. The lowest BCUT2D eigenvalue weighted by Crippen LogP contribution is -2.19. The van der Waals surface area contributed by atoms with Crippen molar-refractivity contribution in [3.63, 3.8) is 0 Å². The molecule has 0 aliphatic carbocycles. The second-order valence-electron chi connectivity index (χ2n) is 4.08. The van der Waals surface area contributed by atoms with Gasteiger partial charge in [-0.25, -0.2) is 4.98 Å². The SMILES string of the molecule is CCCC(NCc1cnc(C)s1)c1cccs1. The van der Waals surface area contributed by atoms with Gasteiger partial charge in [0.05, 0.1) is 5.01 Å². The van der Waals surface area contributed by atoms with Crippen LogP contribution < -0.4 is 5.32 Å². The van der Waals surface area contributed by atoms with E-state index in [2.05, 4.69) is 41.7 Å². The summed E-state index contributed by atoms with van der Waals surface area (Å²) in [5, 5.41) is 6.93. The van der Waals surface area contributed by atoms with E-state index in [4.69, 9.17) is 0 Å². The first-order valence-electron chi connectivity index (χ1n) is 5.97. The maximum Gasteiger partial charge on any atom is 0.0897 e. The third-order valence-corrected chi connectivity index (χ3v) is 4.55. The van der Waals surface area contributed by atoms with Crippen LogP contribution in [-0.2, 0) is 6.54 Å². The molecule has 0 aliphatic rings. The lowest BCUT2D eigenvalue weighted by molar-refractivity contribution is 0.503. The summed E-state index contributed by atoms with van der Waals surface area (Å²) < 4.78 is 0. The van der Waals surface area contributed by atoms with E-state index in [9.17, 15) is 0 Å². The van der Waals surface area contributed by atoms with Crippen molar-refractivity contribution < 1.29 is 0 Å². The van der Waals surface area contributed by atoms with Gasteiger partial charge in [-0.2, -0.15) is 0 Å². The standard InChI is InChI=1S/C13H18N2S2/c1-3-5-12(13-6-4-7-16-13)15-9-11-8-14-10(2)17-11/h4,6-8,12,15H,3,5,9H2,1-2H3. The predicted octanol–water partition coefficient (Wildman–Crippen LogP) is 4.14. The van der Waals surface area contributed by atoms with Gasteiger partial charge in [0, 0.05) is 28.5 Å². The number of aryl methyl sites for hydroxylation is 1. The first-order chi connectivity index (χ1) is 8.29. The molecule has 0 bridgehead atoms. The van der Waals surface area contributed by atoms with Crippen LogP contribution in [0.4, 0.5) is 0 Å². The number of rotatable bonds is 6. The fraction of sp³-hybridized carbons (Fsp3) is 0.462. The molecule has 2 aromatic heterocycles. The molecule has 0 fully saturated rings. The topological polar surface area (TPSA) is 24.9 Å². The molecular formula is C13H18N2S2. The van der Waals surface area contributed by atoms with Crippen molar-refractivity contribution in [1.29, 1.82) is 0 Å². The van der Waals surface area contributed by atoms with E-state index in [0.717, 1.165) is 11.6 Å². The molecule has 2 aromatic rings. The Balaban J connectivity index is 1.94. The van der Waals surface area contributed by atoms with Crippen LogP contribution in [0.3, 0.4) is 0 Å². The van der Waals surface area contributed by atoms with Crippen molar-refractivity contribution in [3.8, 4) is 0 Å². The minimum atomic E-state index is 0.488. The molecule has 4 heteroatoms. The van der Waals surface area contributed by atoms with Crippen molar-refractivity contribution >= 4 is 22.7 Å². The smallest absolute Gasteiger partial charge is 0.0897 e. The molecule has 0 aliphatic heterocycles. The third kappa shape index (κ3) is 3.63. The first-order valence-corrected chi connectivity index (χ1v) is 7.67. The van der Waals surface area contributed by atoms with E-state index in [1.807, 2.05) is 17.5 Å². The number of hydrogen-bond donors (Lipinski definition) is 1. The number of nitrogens with one attached hydrogen (secondary N) is 1.